The summed E-state index contributed by atoms with van der Waals surface area (Å²) in [4.78, 5) is 4.58. The fourth-order valence-corrected chi connectivity index (χ4v) is 3.73. The first-order chi connectivity index (χ1) is 10.8. The molecule has 1 unspecified atom stereocenters. The lowest BCUT2D eigenvalue weighted by Crippen LogP contribution is -2.29. The zero-order valence-corrected chi connectivity index (χ0v) is 14.3. The Kier molecular flexibility index (Phi) is 3.83. The number of hydrogen-bond acceptors (Lipinski definition) is 3. The molecular weight excluding hydrogens is 387 g/mol. The Bertz CT molecular complexity index is 805. The van der Waals surface area contributed by atoms with E-state index in [2.05, 4.69) is 68.3 Å². The molecule has 2 aromatic heterocycles. The monoisotopic (exact) mass is 404 g/mol. The van der Waals surface area contributed by atoms with Crippen molar-refractivity contribution >= 4 is 28.2 Å². The Hall–Kier alpha value is -1.47. The molecule has 1 aliphatic rings. The van der Waals surface area contributed by atoms with Crippen LogP contribution in [0.25, 0.3) is 16.8 Å². The number of piperidine rings is 1. The topological polar surface area (TPSA) is 42.2 Å². The minimum Gasteiger partial charge on any atom is -0.316 e. The maximum absolute atomic E-state index is 4.62. The molecule has 3 aromatic rings. The third-order valence-electron chi connectivity index (χ3n) is 4.28. The van der Waals surface area contributed by atoms with Crippen molar-refractivity contribution in [3.63, 3.8) is 0 Å². The van der Waals surface area contributed by atoms with Gasteiger partial charge in [-0.25, -0.2) is 9.50 Å². The van der Waals surface area contributed by atoms with E-state index >= 15 is 0 Å². The van der Waals surface area contributed by atoms with Gasteiger partial charge in [-0.15, -0.1) is 0 Å². The molecule has 0 spiro atoms. The van der Waals surface area contributed by atoms with Crippen molar-refractivity contribution in [2.24, 2.45) is 0 Å². The molecule has 1 saturated heterocycles. The van der Waals surface area contributed by atoms with E-state index in [1.807, 2.05) is 16.9 Å². The molecule has 1 fully saturated rings. The van der Waals surface area contributed by atoms with Gasteiger partial charge in [0.1, 0.15) is 0 Å². The number of nitrogens with zero attached hydrogens (tertiary/aromatic N) is 3. The maximum Gasteiger partial charge on any atom is 0.163 e. The second kappa shape index (κ2) is 5.96. The molecule has 1 aromatic carbocycles. The van der Waals surface area contributed by atoms with Crippen LogP contribution < -0.4 is 5.32 Å². The Balaban J connectivity index is 1.83. The maximum atomic E-state index is 4.62. The number of fused-ring (bicyclic) bond motifs is 1. The molecule has 5 heteroatoms. The van der Waals surface area contributed by atoms with E-state index in [0.29, 0.717) is 5.92 Å². The van der Waals surface area contributed by atoms with Crippen LogP contribution in [0, 0.1) is 3.57 Å². The van der Waals surface area contributed by atoms with Gasteiger partial charge in [0.05, 0.1) is 11.9 Å². The summed E-state index contributed by atoms with van der Waals surface area (Å²) in [5.74, 6) is 0.517. The van der Waals surface area contributed by atoms with Gasteiger partial charge in [0.2, 0.25) is 0 Å². The predicted molar refractivity (Wildman–Crippen MR) is 96.0 cm³/mol. The van der Waals surface area contributed by atoms with Crippen molar-refractivity contribution in [1.29, 1.82) is 0 Å². The molecule has 0 aliphatic carbocycles. The third kappa shape index (κ3) is 2.52. The minimum absolute atomic E-state index is 0.517. The standard InChI is InChI=1S/C17H17IN4/c18-14-5-1-3-12(9-14)15-11-21-22-16(6-8-20-17(15)22)13-4-2-7-19-10-13/h1,3,5-6,8-9,11,13,19H,2,4,7,10H2. The zero-order chi connectivity index (χ0) is 14.9. The third-order valence-corrected chi connectivity index (χ3v) is 4.95. The number of benzene rings is 1. The summed E-state index contributed by atoms with van der Waals surface area (Å²) < 4.78 is 3.24. The Morgan fingerprint density at radius 2 is 2.23 bits per heavy atom. The van der Waals surface area contributed by atoms with Gasteiger partial charge in [-0.2, -0.15) is 5.10 Å². The average molecular weight is 404 g/mol. The Morgan fingerprint density at radius 3 is 3.05 bits per heavy atom. The fourth-order valence-electron chi connectivity index (χ4n) is 3.18. The first-order valence-corrected chi connectivity index (χ1v) is 8.70. The first-order valence-electron chi connectivity index (χ1n) is 7.62. The molecule has 3 heterocycles. The summed E-state index contributed by atoms with van der Waals surface area (Å²) in [6.45, 7) is 2.15. The van der Waals surface area contributed by atoms with Crippen LogP contribution in [0.4, 0.5) is 0 Å². The van der Waals surface area contributed by atoms with Crippen LogP contribution in [-0.4, -0.2) is 27.7 Å². The molecule has 4 nitrogen and oxygen atoms in total. The van der Waals surface area contributed by atoms with Crippen molar-refractivity contribution in [2.75, 3.05) is 13.1 Å². The summed E-state index contributed by atoms with van der Waals surface area (Å²) in [6.07, 6.45) is 6.29. The van der Waals surface area contributed by atoms with E-state index < -0.39 is 0 Å². The lowest BCUT2D eigenvalue weighted by atomic mass is 9.96. The van der Waals surface area contributed by atoms with Gasteiger partial charge < -0.3 is 5.32 Å². The van der Waals surface area contributed by atoms with Crippen molar-refractivity contribution < 1.29 is 0 Å². The molecule has 0 saturated carbocycles. The van der Waals surface area contributed by atoms with Gasteiger partial charge in [0, 0.05) is 27.8 Å². The van der Waals surface area contributed by atoms with Crippen LogP contribution in [0.15, 0.2) is 42.7 Å². The largest absolute Gasteiger partial charge is 0.316 e. The van der Waals surface area contributed by atoms with Gasteiger partial charge in [-0.3, -0.25) is 0 Å². The zero-order valence-electron chi connectivity index (χ0n) is 12.2. The predicted octanol–water partition coefficient (Wildman–Crippen LogP) is 3.47. The van der Waals surface area contributed by atoms with Gasteiger partial charge in [0.25, 0.3) is 0 Å². The summed E-state index contributed by atoms with van der Waals surface area (Å²) in [7, 11) is 0. The summed E-state index contributed by atoms with van der Waals surface area (Å²) >= 11 is 2.34. The molecular formula is C17H17IN4. The normalized spacial score (nSPS) is 18.7. The van der Waals surface area contributed by atoms with E-state index in [-0.39, 0.29) is 0 Å². The number of aromatic nitrogens is 3. The first kappa shape index (κ1) is 14.1. The lowest BCUT2D eigenvalue weighted by molar-refractivity contribution is 0.448. The quantitative estimate of drug-likeness (QED) is 0.666. The molecule has 0 amide bonds. The number of halogens is 1. The highest BCUT2D eigenvalue weighted by Crippen LogP contribution is 2.28. The number of hydrogen-bond donors (Lipinski definition) is 1. The van der Waals surface area contributed by atoms with E-state index in [9.17, 15) is 0 Å². The summed E-state index contributed by atoms with van der Waals surface area (Å²) in [5.41, 5.74) is 4.48. The fraction of sp³-hybridized carbons (Fsp3) is 0.294. The van der Waals surface area contributed by atoms with E-state index in [4.69, 9.17) is 0 Å². The van der Waals surface area contributed by atoms with E-state index in [1.165, 1.54) is 27.7 Å². The molecule has 1 N–H and O–H groups in total. The van der Waals surface area contributed by atoms with Crippen LogP contribution >= 0.6 is 22.6 Å². The molecule has 1 atom stereocenters. The van der Waals surface area contributed by atoms with Crippen molar-refractivity contribution in [3.05, 3.63) is 52.0 Å². The van der Waals surface area contributed by atoms with Gasteiger partial charge >= 0.3 is 0 Å². The van der Waals surface area contributed by atoms with Crippen LogP contribution in [-0.2, 0) is 0 Å². The summed E-state index contributed by atoms with van der Waals surface area (Å²) in [5, 5.41) is 8.11. The van der Waals surface area contributed by atoms with Crippen molar-refractivity contribution in [3.8, 4) is 11.1 Å². The van der Waals surface area contributed by atoms with Crippen LogP contribution in [0.2, 0.25) is 0 Å². The number of nitrogens with one attached hydrogen (secondary N) is 1. The second-order valence-corrected chi connectivity index (χ2v) is 6.96. The smallest absolute Gasteiger partial charge is 0.163 e. The van der Waals surface area contributed by atoms with Crippen molar-refractivity contribution in [2.45, 2.75) is 18.8 Å². The minimum atomic E-state index is 0.517. The van der Waals surface area contributed by atoms with Crippen LogP contribution in [0.3, 0.4) is 0 Å². The molecule has 22 heavy (non-hydrogen) atoms. The van der Waals surface area contributed by atoms with Crippen LogP contribution in [0.5, 0.6) is 0 Å². The van der Waals surface area contributed by atoms with Gasteiger partial charge in [-0.05, 0) is 65.7 Å². The highest BCUT2D eigenvalue weighted by Gasteiger charge is 2.19. The van der Waals surface area contributed by atoms with E-state index in [0.717, 1.165) is 24.3 Å². The number of rotatable bonds is 2. The highest BCUT2D eigenvalue weighted by atomic mass is 127. The highest BCUT2D eigenvalue weighted by molar-refractivity contribution is 14.1. The second-order valence-electron chi connectivity index (χ2n) is 5.72. The van der Waals surface area contributed by atoms with Crippen LogP contribution in [0.1, 0.15) is 24.5 Å². The van der Waals surface area contributed by atoms with Gasteiger partial charge in [-0.1, -0.05) is 12.1 Å². The summed E-state index contributed by atoms with van der Waals surface area (Å²) in [6, 6.07) is 10.6. The molecule has 1 aliphatic heterocycles. The molecule has 112 valence electrons. The molecule has 0 radical (unpaired) electrons. The Morgan fingerprint density at radius 1 is 1.27 bits per heavy atom. The van der Waals surface area contributed by atoms with Crippen molar-refractivity contribution in [1.82, 2.24) is 19.9 Å². The molecule has 4 rings (SSSR count). The van der Waals surface area contributed by atoms with E-state index in [1.54, 1.807) is 0 Å². The lowest BCUT2D eigenvalue weighted by Gasteiger charge is -2.23. The van der Waals surface area contributed by atoms with Gasteiger partial charge in [0.15, 0.2) is 5.65 Å². The average Bonchev–Trinajstić information content (AvgIpc) is 3.00. The Labute approximate surface area is 143 Å². The molecule has 0 bridgehead atoms. The SMILES string of the molecule is Ic1cccc(-c2cnn3c(C4CCCNC4)ccnc23)c1.